The van der Waals surface area contributed by atoms with E-state index in [4.69, 9.17) is 33.5 Å². The predicted octanol–water partition coefficient (Wildman–Crippen LogP) is 2.93. The van der Waals surface area contributed by atoms with E-state index in [1.54, 1.807) is 19.1 Å². The second-order valence-electron chi connectivity index (χ2n) is 2.99. The van der Waals surface area contributed by atoms with Gasteiger partial charge in [-0.2, -0.15) is 4.98 Å². The number of hydrogen-bond acceptors (Lipinski definition) is 4. The van der Waals surface area contributed by atoms with E-state index in [-0.39, 0.29) is 0 Å². The van der Waals surface area contributed by atoms with E-state index < -0.39 is 0 Å². The van der Waals surface area contributed by atoms with E-state index in [0.717, 1.165) is 0 Å². The fraction of sp³-hybridized carbons (Fsp3) is 0.111. The van der Waals surface area contributed by atoms with Crippen molar-refractivity contribution in [3.63, 3.8) is 0 Å². The van der Waals surface area contributed by atoms with E-state index in [9.17, 15) is 0 Å². The molecule has 0 radical (unpaired) electrons. The number of hydrogen-bond donors (Lipinski definition) is 1. The van der Waals surface area contributed by atoms with Crippen LogP contribution in [0.5, 0.6) is 0 Å². The minimum absolute atomic E-state index is 0.349. The van der Waals surface area contributed by atoms with Gasteiger partial charge in [-0.05, 0) is 12.1 Å². The zero-order chi connectivity index (χ0) is 11.0. The lowest BCUT2D eigenvalue weighted by Gasteiger charge is -2.02. The number of nitrogens with two attached hydrogens (primary N) is 1. The van der Waals surface area contributed by atoms with Crippen molar-refractivity contribution in [1.82, 2.24) is 10.1 Å². The Labute approximate surface area is 96.0 Å². The van der Waals surface area contributed by atoms with Gasteiger partial charge in [0.05, 0.1) is 15.7 Å². The van der Waals surface area contributed by atoms with Crippen molar-refractivity contribution in [2.75, 3.05) is 5.73 Å². The van der Waals surface area contributed by atoms with Gasteiger partial charge in [0.15, 0.2) is 0 Å². The van der Waals surface area contributed by atoms with E-state index in [1.807, 2.05) is 0 Å². The monoisotopic (exact) mass is 243 g/mol. The molecule has 0 aliphatic carbocycles. The molecule has 1 aromatic carbocycles. The highest BCUT2D eigenvalue weighted by atomic mass is 35.5. The quantitative estimate of drug-likeness (QED) is 0.783. The van der Waals surface area contributed by atoms with Gasteiger partial charge in [0.1, 0.15) is 0 Å². The molecule has 1 heterocycles. The molecule has 0 saturated carbocycles. The molecule has 2 aromatic rings. The van der Waals surface area contributed by atoms with E-state index in [0.29, 0.717) is 33.0 Å². The maximum absolute atomic E-state index is 5.88. The number of anilines is 1. The molecule has 0 fully saturated rings. The van der Waals surface area contributed by atoms with E-state index in [1.165, 1.54) is 0 Å². The predicted molar refractivity (Wildman–Crippen MR) is 58.9 cm³/mol. The fourth-order valence-corrected chi connectivity index (χ4v) is 1.62. The molecule has 0 bridgehead atoms. The molecular weight excluding hydrogens is 237 g/mol. The highest BCUT2D eigenvalue weighted by Gasteiger charge is 2.10. The number of aryl methyl sites for hydroxylation is 1. The van der Waals surface area contributed by atoms with Gasteiger partial charge in [0, 0.05) is 12.5 Å². The lowest BCUT2D eigenvalue weighted by molar-refractivity contribution is 0.394. The van der Waals surface area contributed by atoms with Crippen LogP contribution in [-0.2, 0) is 0 Å². The Kier molecular flexibility index (Phi) is 2.54. The van der Waals surface area contributed by atoms with Crippen LogP contribution in [0.1, 0.15) is 5.89 Å². The second-order valence-corrected chi connectivity index (χ2v) is 3.80. The van der Waals surface area contributed by atoms with Crippen LogP contribution in [0.15, 0.2) is 16.7 Å². The molecule has 4 nitrogen and oxygen atoms in total. The van der Waals surface area contributed by atoms with Gasteiger partial charge in [-0.1, -0.05) is 28.4 Å². The molecule has 0 aliphatic heterocycles. The zero-order valence-corrected chi connectivity index (χ0v) is 9.30. The number of nitrogen functional groups attached to an aromatic ring is 1. The standard InChI is InChI=1S/C9H7Cl2N3O/c1-4-13-9(14-15-4)5-2-6(10)8(12)7(11)3-5/h2-3H,12H2,1H3. The van der Waals surface area contributed by atoms with Crippen LogP contribution in [-0.4, -0.2) is 10.1 Å². The van der Waals surface area contributed by atoms with Crippen molar-refractivity contribution in [2.24, 2.45) is 0 Å². The minimum Gasteiger partial charge on any atom is -0.396 e. The lowest BCUT2D eigenvalue weighted by Crippen LogP contribution is -1.90. The molecule has 2 N–H and O–H groups in total. The van der Waals surface area contributed by atoms with Gasteiger partial charge in [-0.3, -0.25) is 0 Å². The van der Waals surface area contributed by atoms with Crippen LogP contribution in [0.25, 0.3) is 11.4 Å². The zero-order valence-electron chi connectivity index (χ0n) is 7.79. The largest absolute Gasteiger partial charge is 0.396 e. The van der Waals surface area contributed by atoms with Crippen LogP contribution < -0.4 is 5.73 Å². The average Bonchev–Trinajstić information content (AvgIpc) is 2.60. The molecule has 2 rings (SSSR count). The van der Waals surface area contributed by atoms with Gasteiger partial charge in [-0.15, -0.1) is 0 Å². The first-order valence-corrected chi connectivity index (χ1v) is 4.88. The number of rotatable bonds is 1. The van der Waals surface area contributed by atoms with Crippen LogP contribution in [0.3, 0.4) is 0 Å². The maximum Gasteiger partial charge on any atom is 0.223 e. The van der Waals surface area contributed by atoms with Crippen LogP contribution >= 0.6 is 23.2 Å². The van der Waals surface area contributed by atoms with Crippen LogP contribution in [0, 0.1) is 6.92 Å². The molecule has 0 spiro atoms. The third-order valence-electron chi connectivity index (χ3n) is 1.86. The molecule has 78 valence electrons. The van der Waals surface area contributed by atoms with Gasteiger partial charge in [0.2, 0.25) is 11.7 Å². The number of benzene rings is 1. The van der Waals surface area contributed by atoms with Crippen molar-refractivity contribution in [1.29, 1.82) is 0 Å². The number of nitrogens with zero attached hydrogens (tertiary/aromatic N) is 2. The molecule has 0 amide bonds. The van der Waals surface area contributed by atoms with E-state index in [2.05, 4.69) is 10.1 Å². The SMILES string of the molecule is Cc1nc(-c2cc(Cl)c(N)c(Cl)c2)no1. The Balaban J connectivity index is 2.55. The maximum atomic E-state index is 5.88. The summed E-state index contributed by atoms with van der Waals surface area (Å²) in [5.74, 6) is 0.922. The Bertz CT molecular complexity index is 487. The first-order chi connectivity index (χ1) is 7.08. The highest BCUT2D eigenvalue weighted by molar-refractivity contribution is 6.39. The summed E-state index contributed by atoms with van der Waals surface area (Å²) in [6.45, 7) is 1.71. The van der Waals surface area contributed by atoms with Crippen LogP contribution in [0.4, 0.5) is 5.69 Å². The Morgan fingerprint density at radius 1 is 1.27 bits per heavy atom. The Morgan fingerprint density at radius 2 is 1.87 bits per heavy atom. The van der Waals surface area contributed by atoms with Gasteiger partial charge >= 0.3 is 0 Å². The molecule has 15 heavy (non-hydrogen) atoms. The molecular formula is C9H7Cl2N3O. The molecule has 0 aliphatic rings. The van der Waals surface area contributed by atoms with E-state index >= 15 is 0 Å². The number of halogens is 2. The molecule has 1 aromatic heterocycles. The summed E-state index contributed by atoms with van der Waals surface area (Å²) in [5, 5.41) is 4.50. The van der Waals surface area contributed by atoms with Crippen molar-refractivity contribution < 1.29 is 4.52 Å². The normalized spacial score (nSPS) is 10.6. The summed E-state index contributed by atoms with van der Waals surface area (Å²) in [7, 11) is 0. The van der Waals surface area contributed by atoms with Crippen molar-refractivity contribution >= 4 is 28.9 Å². The molecule has 0 unspecified atom stereocenters. The van der Waals surface area contributed by atoms with Gasteiger partial charge in [0.25, 0.3) is 0 Å². The summed E-state index contributed by atoms with van der Waals surface area (Å²) >= 11 is 11.8. The summed E-state index contributed by atoms with van der Waals surface area (Å²) in [5.41, 5.74) is 6.63. The molecule has 0 atom stereocenters. The second kappa shape index (κ2) is 3.72. The molecule has 0 saturated heterocycles. The first-order valence-electron chi connectivity index (χ1n) is 4.13. The summed E-state index contributed by atoms with van der Waals surface area (Å²) in [6, 6.07) is 3.29. The van der Waals surface area contributed by atoms with Crippen LogP contribution in [0.2, 0.25) is 10.0 Å². The minimum atomic E-state index is 0.349. The summed E-state index contributed by atoms with van der Waals surface area (Å²) in [4.78, 5) is 4.06. The fourth-order valence-electron chi connectivity index (χ4n) is 1.13. The summed E-state index contributed by atoms with van der Waals surface area (Å²) in [6.07, 6.45) is 0. The van der Waals surface area contributed by atoms with Gasteiger partial charge in [-0.25, -0.2) is 0 Å². The Hall–Kier alpha value is -1.26. The smallest absolute Gasteiger partial charge is 0.223 e. The third kappa shape index (κ3) is 1.91. The Morgan fingerprint density at radius 3 is 2.33 bits per heavy atom. The average molecular weight is 244 g/mol. The third-order valence-corrected chi connectivity index (χ3v) is 2.49. The van der Waals surface area contributed by atoms with Crippen molar-refractivity contribution in [2.45, 2.75) is 6.92 Å². The summed E-state index contributed by atoms with van der Waals surface area (Å²) < 4.78 is 4.85. The molecule has 6 heteroatoms. The topological polar surface area (TPSA) is 64.9 Å². The first kappa shape index (κ1) is 10.3. The van der Waals surface area contributed by atoms with Crippen molar-refractivity contribution in [3.05, 3.63) is 28.1 Å². The van der Waals surface area contributed by atoms with Crippen molar-refractivity contribution in [3.8, 4) is 11.4 Å². The van der Waals surface area contributed by atoms with Gasteiger partial charge < -0.3 is 10.3 Å². The highest BCUT2D eigenvalue weighted by Crippen LogP contribution is 2.32. The lowest BCUT2D eigenvalue weighted by atomic mass is 10.2. The number of aromatic nitrogens is 2.